The van der Waals surface area contributed by atoms with Crippen molar-refractivity contribution in [3.63, 3.8) is 0 Å². The monoisotopic (exact) mass is 404 g/mol. The van der Waals surface area contributed by atoms with E-state index in [-0.39, 0.29) is 11.4 Å². The molecule has 3 aromatic carbocycles. The number of aryl methyl sites for hydroxylation is 2. The molecule has 0 aliphatic carbocycles. The summed E-state index contributed by atoms with van der Waals surface area (Å²) in [5.41, 5.74) is 5.17. The molecule has 4 rings (SSSR count). The van der Waals surface area contributed by atoms with Gasteiger partial charge >= 0.3 is 0 Å². The van der Waals surface area contributed by atoms with E-state index in [9.17, 15) is 9.18 Å². The summed E-state index contributed by atoms with van der Waals surface area (Å²) in [7, 11) is 0. The molecule has 1 heterocycles. The lowest BCUT2D eigenvalue weighted by molar-refractivity contribution is 0.622. The standard InChI is InChI=1S/C24H21FN2OS/c1-16-7-8-19(13-17(16)2)15-29-24-26-22-6-4-3-5-21(22)23(28)27(24)14-18-9-11-20(25)12-10-18/h3-13H,14-15H2,1-2H3. The van der Waals surface area contributed by atoms with Gasteiger partial charge in [-0.3, -0.25) is 9.36 Å². The van der Waals surface area contributed by atoms with Crippen LogP contribution < -0.4 is 5.56 Å². The van der Waals surface area contributed by atoms with Crippen LogP contribution in [0.1, 0.15) is 22.3 Å². The predicted octanol–water partition coefficient (Wildman–Crippen LogP) is 5.49. The largest absolute Gasteiger partial charge is 0.283 e. The lowest BCUT2D eigenvalue weighted by atomic mass is 10.1. The number of aromatic nitrogens is 2. The van der Waals surface area contributed by atoms with Crippen LogP contribution in [0.3, 0.4) is 0 Å². The summed E-state index contributed by atoms with van der Waals surface area (Å²) < 4.78 is 15.0. The maximum absolute atomic E-state index is 13.3. The number of hydrogen-bond acceptors (Lipinski definition) is 3. The van der Waals surface area contributed by atoms with Crippen molar-refractivity contribution in [2.45, 2.75) is 31.3 Å². The van der Waals surface area contributed by atoms with Crippen molar-refractivity contribution in [3.8, 4) is 0 Å². The average Bonchev–Trinajstić information content (AvgIpc) is 2.73. The highest BCUT2D eigenvalue weighted by Crippen LogP contribution is 2.24. The number of halogens is 1. The van der Waals surface area contributed by atoms with E-state index in [1.807, 2.05) is 18.2 Å². The molecule has 29 heavy (non-hydrogen) atoms. The molecule has 0 fully saturated rings. The molecule has 4 aromatic rings. The van der Waals surface area contributed by atoms with Gasteiger partial charge in [-0.15, -0.1) is 0 Å². The lowest BCUT2D eigenvalue weighted by Crippen LogP contribution is -2.24. The van der Waals surface area contributed by atoms with Gasteiger partial charge in [-0.25, -0.2) is 9.37 Å². The van der Waals surface area contributed by atoms with E-state index in [0.29, 0.717) is 22.6 Å². The predicted molar refractivity (Wildman–Crippen MR) is 117 cm³/mol. The van der Waals surface area contributed by atoms with Crippen molar-refractivity contribution >= 4 is 22.7 Å². The second-order valence-electron chi connectivity index (χ2n) is 7.14. The van der Waals surface area contributed by atoms with E-state index in [1.54, 1.807) is 34.5 Å². The molecule has 0 unspecified atom stereocenters. The second kappa shape index (κ2) is 8.21. The zero-order valence-electron chi connectivity index (χ0n) is 16.4. The number of para-hydroxylation sites is 1. The summed E-state index contributed by atoms with van der Waals surface area (Å²) in [6.07, 6.45) is 0. The molecule has 0 radical (unpaired) electrons. The van der Waals surface area contributed by atoms with Crippen molar-refractivity contribution in [2.24, 2.45) is 0 Å². The summed E-state index contributed by atoms with van der Waals surface area (Å²) >= 11 is 1.54. The highest BCUT2D eigenvalue weighted by molar-refractivity contribution is 7.98. The second-order valence-corrected chi connectivity index (χ2v) is 8.08. The van der Waals surface area contributed by atoms with Crippen molar-refractivity contribution in [1.29, 1.82) is 0 Å². The molecule has 0 saturated heterocycles. The summed E-state index contributed by atoms with van der Waals surface area (Å²) in [6.45, 7) is 4.55. The fourth-order valence-corrected chi connectivity index (χ4v) is 4.15. The van der Waals surface area contributed by atoms with Crippen LogP contribution in [0.4, 0.5) is 4.39 Å². The highest BCUT2D eigenvalue weighted by Gasteiger charge is 2.12. The van der Waals surface area contributed by atoms with Crippen LogP contribution in [0.15, 0.2) is 76.7 Å². The molecule has 146 valence electrons. The summed E-state index contributed by atoms with van der Waals surface area (Å²) in [5.74, 6) is 0.428. The van der Waals surface area contributed by atoms with E-state index in [1.165, 1.54) is 28.8 Å². The smallest absolute Gasteiger partial charge is 0.262 e. The van der Waals surface area contributed by atoms with Crippen LogP contribution in [-0.2, 0) is 12.3 Å². The number of rotatable bonds is 5. The third-order valence-electron chi connectivity index (χ3n) is 5.02. The minimum absolute atomic E-state index is 0.0810. The van der Waals surface area contributed by atoms with Crippen LogP contribution in [-0.4, -0.2) is 9.55 Å². The SMILES string of the molecule is Cc1ccc(CSc2nc3ccccc3c(=O)n2Cc2ccc(F)cc2)cc1C. The number of thioether (sulfide) groups is 1. The molecule has 0 aliphatic heterocycles. The first-order valence-corrected chi connectivity index (χ1v) is 10.4. The maximum Gasteiger partial charge on any atom is 0.262 e. The lowest BCUT2D eigenvalue weighted by Gasteiger charge is -2.14. The molecule has 0 N–H and O–H groups in total. The van der Waals surface area contributed by atoms with Crippen LogP contribution in [0.2, 0.25) is 0 Å². The normalized spacial score (nSPS) is 11.1. The molecular weight excluding hydrogens is 383 g/mol. The van der Waals surface area contributed by atoms with Gasteiger partial charge < -0.3 is 0 Å². The Morgan fingerprint density at radius 3 is 2.41 bits per heavy atom. The minimum Gasteiger partial charge on any atom is -0.283 e. The highest BCUT2D eigenvalue weighted by atomic mass is 32.2. The van der Waals surface area contributed by atoms with Gasteiger partial charge in [0.2, 0.25) is 0 Å². The number of benzene rings is 3. The molecule has 1 aromatic heterocycles. The average molecular weight is 405 g/mol. The zero-order valence-corrected chi connectivity index (χ0v) is 17.2. The topological polar surface area (TPSA) is 34.9 Å². The third-order valence-corrected chi connectivity index (χ3v) is 6.07. The Morgan fingerprint density at radius 1 is 0.931 bits per heavy atom. The molecule has 0 bridgehead atoms. The van der Waals surface area contributed by atoms with Gasteiger partial charge in [-0.1, -0.05) is 54.2 Å². The Hall–Kier alpha value is -2.92. The Kier molecular flexibility index (Phi) is 5.49. The molecule has 0 aliphatic rings. The van der Waals surface area contributed by atoms with Crippen LogP contribution in [0, 0.1) is 19.7 Å². The molecular formula is C24H21FN2OS. The van der Waals surface area contributed by atoms with Gasteiger partial charge in [0.1, 0.15) is 5.82 Å². The van der Waals surface area contributed by atoms with Crippen molar-refractivity contribution < 1.29 is 4.39 Å². The molecule has 5 heteroatoms. The van der Waals surface area contributed by atoms with Gasteiger partial charge in [0, 0.05) is 5.75 Å². The number of hydrogen-bond donors (Lipinski definition) is 0. The Morgan fingerprint density at radius 2 is 1.66 bits per heavy atom. The summed E-state index contributed by atoms with van der Waals surface area (Å²) in [4.78, 5) is 17.9. The first kappa shape index (κ1) is 19.4. The van der Waals surface area contributed by atoms with Gasteiger partial charge in [0.25, 0.3) is 5.56 Å². The number of fused-ring (bicyclic) bond motifs is 1. The fourth-order valence-electron chi connectivity index (χ4n) is 3.21. The van der Waals surface area contributed by atoms with E-state index >= 15 is 0 Å². The minimum atomic E-state index is -0.290. The van der Waals surface area contributed by atoms with Crippen LogP contribution >= 0.6 is 11.8 Å². The molecule has 0 atom stereocenters. The van der Waals surface area contributed by atoms with Gasteiger partial charge in [0.05, 0.1) is 17.4 Å². The number of nitrogens with zero attached hydrogens (tertiary/aromatic N) is 2. The first-order chi connectivity index (χ1) is 14.0. The Bertz CT molecular complexity index is 1230. The summed E-state index contributed by atoms with van der Waals surface area (Å²) in [6, 6.07) is 20.0. The molecule has 3 nitrogen and oxygen atoms in total. The molecule has 0 saturated carbocycles. The Labute approximate surface area is 173 Å². The molecule has 0 amide bonds. The van der Waals surface area contributed by atoms with Crippen LogP contribution in [0.25, 0.3) is 10.9 Å². The van der Waals surface area contributed by atoms with E-state index in [4.69, 9.17) is 4.98 Å². The zero-order chi connectivity index (χ0) is 20.4. The van der Waals surface area contributed by atoms with Gasteiger partial charge in [0.15, 0.2) is 5.16 Å². The van der Waals surface area contributed by atoms with Gasteiger partial charge in [-0.05, 0) is 60.4 Å². The van der Waals surface area contributed by atoms with E-state index in [2.05, 4.69) is 32.0 Å². The maximum atomic E-state index is 13.3. The first-order valence-electron chi connectivity index (χ1n) is 9.44. The van der Waals surface area contributed by atoms with Crippen molar-refractivity contribution in [1.82, 2.24) is 9.55 Å². The molecule has 0 spiro atoms. The van der Waals surface area contributed by atoms with Gasteiger partial charge in [-0.2, -0.15) is 0 Å². The van der Waals surface area contributed by atoms with Crippen LogP contribution in [0.5, 0.6) is 0 Å². The third kappa shape index (κ3) is 4.25. The van der Waals surface area contributed by atoms with E-state index in [0.717, 1.165) is 11.3 Å². The van der Waals surface area contributed by atoms with E-state index < -0.39 is 0 Å². The van der Waals surface area contributed by atoms with Crippen molar-refractivity contribution in [3.05, 3.63) is 105 Å². The summed E-state index contributed by atoms with van der Waals surface area (Å²) in [5, 5.41) is 1.25. The quantitative estimate of drug-likeness (QED) is 0.326. The van der Waals surface area contributed by atoms with Crippen molar-refractivity contribution in [2.75, 3.05) is 0 Å². The Balaban J connectivity index is 1.73. The fraction of sp³-hybridized carbons (Fsp3) is 0.167.